The van der Waals surface area contributed by atoms with Crippen molar-refractivity contribution in [3.63, 3.8) is 0 Å². The number of hydrogen-bond donors (Lipinski definition) is 1. The highest BCUT2D eigenvalue weighted by Crippen LogP contribution is 2.27. The normalized spacial score (nSPS) is 15.5. The zero-order valence-electron chi connectivity index (χ0n) is 16.9. The third kappa shape index (κ3) is 4.81. The van der Waals surface area contributed by atoms with Crippen molar-refractivity contribution in [3.8, 4) is 11.5 Å². The Labute approximate surface area is 177 Å². The number of carboxylic acid groups (broad SMARTS) is 1. The van der Waals surface area contributed by atoms with E-state index in [1.54, 1.807) is 0 Å². The van der Waals surface area contributed by atoms with Crippen molar-refractivity contribution < 1.29 is 14.6 Å². The number of carboxylic acids is 1. The lowest BCUT2D eigenvalue weighted by Crippen LogP contribution is -2.53. The van der Waals surface area contributed by atoms with E-state index in [4.69, 9.17) is 4.74 Å². The number of benzene rings is 3. The second-order valence-corrected chi connectivity index (χ2v) is 7.44. The molecule has 0 saturated carbocycles. The first-order valence-electron chi connectivity index (χ1n) is 10.3. The summed E-state index contributed by atoms with van der Waals surface area (Å²) in [6.07, 6.45) is 0.406. The van der Waals surface area contributed by atoms with E-state index in [0.717, 1.165) is 24.4 Å². The summed E-state index contributed by atoms with van der Waals surface area (Å²) in [5.41, 5.74) is 2.09. The van der Waals surface area contributed by atoms with Crippen LogP contribution >= 0.6 is 0 Å². The summed E-state index contributed by atoms with van der Waals surface area (Å²) < 4.78 is 6.03. The Morgan fingerprint density at radius 2 is 1.43 bits per heavy atom. The smallest absolute Gasteiger partial charge is 0.321 e. The van der Waals surface area contributed by atoms with Gasteiger partial charge >= 0.3 is 5.97 Å². The second-order valence-electron chi connectivity index (χ2n) is 7.44. The summed E-state index contributed by atoms with van der Waals surface area (Å²) in [5.74, 6) is 0.656. The minimum atomic E-state index is -0.794. The molecule has 0 amide bonds. The molecule has 1 heterocycles. The van der Waals surface area contributed by atoms with Crippen LogP contribution in [0.15, 0.2) is 84.9 Å². The number of ether oxygens (including phenoxy) is 1. The summed E-state index contributed by atoms with van der Waals surface area (Å²) in [4.78, 5) is 16.5. The first kappa shape index (κ1) is 20.0. The summed E-state index contributed by atoms with van der Waals surface area (Å²) >= 11 is 0. The van der Waals surface area contributed by atoms with Crippen molar-refractivity contribution in [3.05, 3.63) is 90.5 Å². The maximum atomic E-state index is 12.1. The number of nitrogens with zero attached hydrogens (tertiary/aromatic N) is 2. The van der Waals surface area contributed by atoms with Crippen LogP contribution in [0, 0.1) is 0 Å². The van der Waals surface area contributed by atoms with Crippen LogP contribution in [0.4, 0.5) is 5.69 Å². The van der Waals surface area contributed by atoms with Gasteiger partial charge in [0.15, 0.2) is 0 Å². The lowest BCUT2D eigenvalue weighted by atomic mass is 10.0. The molecule has 1 atom stereocenters. The molecule has 4 rings (SSSR count). The molecule has 3 aromatic carbocycles. The van der Waals surface area contributed by atoms with Crippen molar-refractivity contribution in [1.82, 2.24) is 4.90 Å². The summed E-state index contributed by atoms with van der Waals surface area (Å²) in [6.45, 7) is 3.06. The Kier molecular flexibility index (Phi) is 6.30. The van der Waals surface area contributed by atoms with Gasteiger partial charge in [-0.25, -0.2) is 0 Å². The highest BCUT2D eigenvalue weighted by Gasteiger charge is 2.30. The summed E-state index contributed by atoms with van der Waals surface area (Å²) in [6, 6.07) is 27.0. The van der Waals surface area contributed by atoms with Crippen LogP contribution in [0.3, 0.4) is 0 Å². The molecule has 0 aromatic heterocycles. The van der Waals surface area contributed by atoms with Crippen molar-refractivity contribution in [2.45, 2.75) is 12.5 Å². The summed E-state index contributed by atoms with van der Waals surface area (Å²) in [5, 5.41) is 9.95. The molecule has 0 radical (unpaired) electrons. The molecule has 5 nitrogen and oxygen atoms in total. The molecule has 1 fully saturated rings. The number of hydrogen-bond acceptors (Lipinski definition) is 4. The molecule has 0 bridgehead atoms. The maximum absolute atomic E-state index is 12.1. The van der Waals surface area contributed by atoms with Crippen molar-refractivity contribution in [1.29, 1.82) is 0 Å². The van der Waals surface area contributed by atoms with Gasteiger partial charge < -0.3 is 14.7 Å². The van der Waals surface area contributed by atoms with E-state index in [-0.39, 0.29) is 0 Å². The SMILES string of the molecule is O=C(O)[C@H](Cc1ccccc1Oc1ccccc1)N1CCN(c2ccccc2)CC1. The van der Waals surface area contributed by atoms with E-state index in [1.165, 1.54) is 5.69 Å². The Bertz CT molecular complexity index is 954. The highest BCUT2D eigenvalue weighted by molar-refractivity contribution is 5.74. The van der Waals surface area contributed by atoms with Crippen LogP contribution in [-0.2, 0) is 11.2 Å². The average Bonchev–Trinajstić information content (AvgIpc) is 2.80. The number of para-hydroxylation sites is 3. The third-order valence-corrected chi connectivity index (χ3v) is 5.52. The number of rotatable bonds is 7. The van der Waals surface area contributed by atoms with Gasteiger partial charge in [0, 0.05) is 38.3 Å². The van der Waals surface area contributed by atoms with Gasteiger partial charge in [0.1, 0.15) is 17.5 Å². The van der Waals surface area contributed by atoms with Crippen LogP contribution < -0.4 is 9.64 Å². The van der Waals surface area contributed by atoms with Gasteiger partial charge in [-0.2, -0.15) is 0 Å². The Balaban J connectivity index is 1.45. The fourth-order valence-corrected chi connectivity index (χ4v) is 3.90. The van der Waals surface area contributed by atoms with Gasteiger partial charge in [-0.15, -0.1) is 0 Å². The Morgan fingerprint density at radius 3 is 2.10 bits per heavy atom. The minimum absolute atomic E-state index is 0.406. The monoisotopic (exact) mass is 402 g/mol. The molecule has 30 heavy (non-hydrogen) atoms. The van der Waals surface area contributed by atoms with E-state index >= 15 is 0 Å². The van der Waals surface area contributed by atoms with E-state index in [2.05, 4.69) is 21.9 Å². The van der Waals surface area contributed by atoms with Crippen LogP contribution in [0.1, 0.15) is 5.56 Å². The predicted molar refractivity (Wildman–Crippen MR) is 118 cm³/mol. The van der Waals surface area contributed by atoms with Crippen molar-refractivity contribution in [2.75, 3.05) is 31.1 Å². The van der Waals surface area contributed by atoms with E-state index in [0.29, 0.717) is 25.3 Å². The van der Waals surface area contributed by atoms with Gasteiger partial charge in [-0.1, -0.05) is 54.6 Å². The molecule has 1 aliphatic rings. The average molecular weight is 402 g/mol. The third-order valence-electron chi connectivity index (χ3n) is 5.52. The largest absolute Gasteiger partial charge is 0.480 e. The Morgan fingerprint density at radius 1 is 0.833 bits per heavy atom. The molecule has 154 valence electrons. The minimum Gasteiger partial charge on any atom is -0.480 e. The fraction of sp³-hybridized carbons (Fsp3) is 0.240. The number of piperazine rings is 1. The van der Waals surface area contributed by atoms with E-state index in [1.807, 2.05) is 72.8 Å². The molecular formula is C25H26N2O3. The molecule has 3 aromatic rings. The first-order chi connectivity index (χ1) is 14.7. The van der Waals surface area contributed by atoms with Crippen molar-refractivity contribution >= 4 is 11.7 Å². The van der Waals surface area contributed by atoms with Gasteiger partial charge in [-0.05, 0) is 35.9 Å². The van der Waals surface area contributed by atoms with Gasteiger partial charge in [-0.3, -0.25) is 9.69 Å². The van der Waals surface area contributed by atoms with Crippen LogP contribution in [-0.4, -0.2) is 48.2 Å². The lowest BCUT2D eigenvalue weighted by molar-refractivity contribution is -0.143. The van der Waals surface area contributed by atoms with Crippen LogP contribution in [0.25, 0.3) is 0 Å². The molecule has 0 unspecified atom stereocenters. The van der Waals surface area contributed by atoms with Crippen molar-refractivity contribution in [2.24, 2.45) is 0 Å². The summed E-state index contributed by atoms with van der Waals surface area (Å²) in [7, 11) is 0. The zero-order valence-corrected chi connectivity index (χ0v) is 16.9. The molecule has 1 N–H and O–H groups in total. The quantitative estimate of drug-likeness (QED) is 0.639. The first-order valence-corrected chi connectivity index (χ1v) is 10.3. The lowest BCUT2D eigenvalue weighted by Gasteiger charge is -2.39. The molecule has 5 heteroatoms. The zero-order chi connectivity index (χ0) is 20.8. The highest BCUT2D eigenvalue weighted by atomic mass is 16.5. The fourth-order valence-electron chi connectivity index (χ4n) is 3.90. The van der Waals surface area contributed by atoms with E-state index in [9.17, 15) is 9.90 Å². The van der Waals surface area contributed by atoms with Crippen LogP contribution in [0.5, 0.6) is 11.5 Å². The molecule has 0 aliphatic carbocycles. The molecule has 1 aliphatic heterocycles. The number of aliphatic carboxylic acids is 1. The molecular weight excluding hydrogens is 376 g/mol. The van der Waals surface area contributed by atoms with Gasteiger partial charge in [0.2, 0.25) is 0 Å². The predicted octanol–water partition coefficient (Wildman–Crippen LogP) is 4.30. The van der Waals surface area contributed by atoms with Crippen LogP contribution in [0.2, 0.25) is 0 Å². The van der Waals surface area contributed by atoms with E-state index < -0.39 is 12.0 Å². The molecule has 0 spiro atoms. The topological polar surface area (TPSA) is 53.0 Å². The Hall–Kier alpha value is -3.31. The van der Waals surface area contributed by atoms with Gasteiger partial charge in [0.25, 0.3) is 0 Å². The molecule has 1 saturated heterocycles. The van der Waals surface area contributed by atoms with Gasteiger partial charge in [0.05, 0.1) is 0 Å². The maximum Gasteiger partial charge on any atom is 0.321 e. The second kappa shape index (κ2) is 9.46. The number of carbonyl (C=O) groups is 1. The standard InChI is InChI=1S/C25H26N2O3/c28-25(29)23(27-17-15-26(16-18-27)21-10-3-1-4-11-21)19-20-9-7-8-14-24(20)30-22-12-5-2-6-13-22/h1-14,23H,15-19H2,(H,28,29)/t23-/m0/s1. The number of anilines is 1.